The highest BCUT2D eigenvalue weighted by Gasteiger charge is 2.24. The van der Waals surface area contributed by atoms with Gasteiger partial charge in [-0.3, -0.25) is 4.79 Å². The monoisotopic (exact) mass is 518 g/mol. The number of fused-ring (bicyclic) bond motifs is 2. The van der Waals surface area contributed by atoms with Gasteiger partial charge in [0.15, 0.2) is 0 Å². The zero-order valence-electron chi connectivity index (χ0n) is 17.0. The summed E-state index contributed by atoms with van der Waals surface area (Å²) >= 11 is 7.29. The predicted molar refractivity (Wildman–Crippen MR) is 127 cm³/mol. The van der Waals surface area contributed by atoms with Gasteiger partial charge in [0.25, 0.3) is 0 Å². The largest absolute Gasteiger partial charge is 0.341 e. The standard InChI is InChI=1S/C24H28Br2N2O/c1-17(29)18-9-13-27(14-10-18)11-2-12-28-23-7-5-21(25)15-19(23)3-4-20-16-22(26)6-8-24(20)28/h5-8,15-16,18H,2-4,9-14H2,1H3. The highest BCUT2D eigenvalue weighted by Crippen LogP contribution is 2.38. The molecule has 0 aromatic heterocycles. The predicted octanol–water partition coefficient (Wildman–Crippen LogP) is 6.14. The van der Waals surface area contributed by atoms with Gasteiger partial charge in [-0.05, 0) is 106 Å². The molecule has 0 atom stereocenters. The van der Waals surface area contributed by atoms with Crippen LogP contribution in [0.3, 0.4) is 0 Å². The minimum atomic E-state index is 0.285. The third kappa shape index (κ3) is 4.95. The number of halogens is 2. The zero-order valence-corrected chi connectivity index (χ0v) is 20.1. The molecule has 2 aliphatic heterocycles. The van der Waals surface area contributed by atoms with Crippen LogP contribution >= 0.6 is 31.9 Å². The number of ketones is 1. The molecular weight excluding hydrogens is 492 g/mol. The second-order valence-corrected chi connectivity index (χ2v) is 10.1. The summed E-state index contributed by atoms with van der Waals surface area (Å²) in [6, 6.07) is 13.4. The van der Waals surface area contributed by atoms with E-state index < -0.39 is 0 Å². The number of hydrogen-bond donors (Lipinski definition) is 0. The number of carbonyl (C=O) groups is 1. The second kappa shape index (κ2) is 9.32. The highest BCUT2D eigenvalue weighted by molar-refractivity contribution is 9.10. The summed E-state index contributed by atoms with van der Waals surface area (Å²) in [7, 11) is 0. The lowest BCUT2D eigenvalue weighted by Crippen LogP contribution is -2.37. The number of aryl methyl sites for hydroxylation is 2. The van der Waals surface area contributed by atoms with Crippen molar-refractivity contribution in [1.82, 2.24) is 4.90 Å². The van der Waals surface area contributed by atoms with Crippen molar-refractivity contribution in [2.45, 2.75) is 39.0 Å². The van der Waals surface area contributed by atoms with E-state index in [2.05, 4.69) is 78.1 Å². The number of anilines is 2. The van der Waals surface area contributed by atoms with Crippen molar-refractivity contribution < 1.29 is 4.79 Å². The Balaban J connectivity index is 1.48. The molecule has 0 aliphatic carbocycles. The number of piperidine rings is 1. The number of Topliss-reactive ketones (excluding diaryl/α,β-unsaturated/α-hetero) is 1. The molecule has 5 heteroatoms. The molecule has 0 amide bonds. The van der Waals surface area contributed by atoms with Gasteiger partial charge in [0.1, 0.15) is 5.78 Å². The van der Waals surface area contributed by atoms with Gasteiger partial charge in [-0.15, -0.1) is 0 Å². The number of nitrogens with zero attached hydrogens (tertiary/aromatic N) is 2. The molecule has 1 fully saturated rings. The maximum atomic E-state index is 11.6. The first kappa shape index (κ1) is 21.1. The molecular formula is C24H28Br2N2O. The highest BCUT2D eigenvalue weighted by atomic mass is 79.9. The van der Waals surface area contributed by atoms with E-state index in [0.717, 1.165) is 67.2 Å². The number of likely N-dealkylation sites (tertiary alicyclic amines) is 1. The Bertz CT molecular complexity index is 837. The van der Waals surface area contributed by atoms with Crippen molar-refractivity contribution >= 4 is 49.0 Å². The van der Waals surface area contributed by atoms with E-state index in [4.69, 9.17) is 0 Å². The number of benzene rings is 2. The summed E-state index contributed by atoms with van der Waals surface area (Å²) in [5, 5.41) is 0. The van der Waals surface area contributed by atoms with Crippen LogP contribution < -0.4 is 4.90 Å². The first-order valence-corrected chi connectivity index (χ1v) is 12.2. The molecule has 0 bridgehead atoms. The Morgan fingerprint density at radius 1 is 0.931 bits per heavy atom. The number of carbonyl (C=O) groups excluding carboxylic acids is 1. The lowest BCUT2D eigenvalue weighted by molar-refractivity contribution is -0.122. The van der Waals surface area contributed by atoms with Gasteiger partial charge in [-0.25, -0.2) is 0 Å². The van der Waals surface area contributed by atoms with E-state index >= 15 is 0 Å². The molecule has 2 aliphatic rings. The fourth-order valence-electron chi connectivity index (χ4n) is 4.69. The maximum Gasteiger partial charge on any atom is 0.133 e. The summed E-state index contributed by atoms with van der Waals surface area (Å²) in [5.41, 5.74) is 5.50. The molecule has 0 saturated carbocycles. The molecule has 1 saturated heterocycles. The summed E-state index contributed by atoms with van der Waals surface area (Å²) in [5.74, 6) is 0.646. The topological polar surface area (TPSA) is 23.6 Å². The Hall–Kier alpha value is -1.17. The molecule has 29 heavy (non-hydrogen) atoms. The van der Waals surface area contributed by atoms with Crippen molar-refractivity contribution in [3.63, 3.8) is 0 Å². The van der Waals surface area contributed by atoms with Gasteiger partial charge in [0.2, 0.25) is 0 Å². The number of rotatable bonds is 5. The summed E-state index contributed by atoms with van der Waals surface area (Å²) in [4.78, 5) is 16.7. The third-order valence-electron chi connectivity index (χ3n) is 6.35. The van der Waals surface area contributed by atoms with E-state index in [1.807, 2.05) is 0 Å². The molecule has 0 unspecified atom stereocenters. The molecule has 0 N–H and O–H groups in total. The van der Waals surface area contributed by atoms with Crippen LogP contribution in [0, 0.1) is 5.92 Å². The van der Waals surface area contributed by atoms with Gasteiger partial charge in [-0.1, -0.05) is 31.9 Å². The van der Waals surface area contributed by atoms with E-state index in [0.29, 0.717) is 5.78 Å². The molecule has 2 aromatic rings. The average Bonchev–Trinajstić information content (AvgIpc) is 2.85. The van der Waals surface area contributed by atoms with Crippen molar-refractivity contribution in [1.29, 1.82) is 0 Å². The van der Waals surface area contributed by atoms with Crippen LogP contribution in [-0.2, 0) is 17.6 Å². The lowest BCUT2D eigenvalue weighted by Gasteiger charge is -2.32. The Morgan fingerprint density at radius 3 is 2.00 bits per heavy atom. The van der Waals surface area contributed by atoms with E-state index in [9.17, 15) is 4.79 Å². The Labute approximate surface area is 190 Å². The van der Waals surface area contributed by atoms with Crippen molar-refractivity contribution in [2.75, 3.05) is 31.1 Å². The van der Waals surface area contributed by atoms with Crippen LogP contribution in [0.5, 0.6) is 0 Å². The van der Waals surface area contributed by atoms with Gasteiger partial charge >= 0.3 is 0 Å². The van der Waals surface area contributed by atoms with Crippen LogP contribution in [0.2, 0.25) is 0 Å². The average molecular weight is 520 g/mol. The minimum absolute atomic E-state index is 0.285. The van der Waals surface area contributed by atoms with E-state index in [1.165, 1.54) is 22.5 Å². The van der Waals surface area contributed by atoms with E-state index in [-0.39, 0.29) is 5.92 Å². The quantitative estimate of drug-likeness (QED) is 0.474. The van der Waals surface area contributed by atoms with Gasteiger partial charge in [-0.2, -0.15) is 0 Å². The Morgan fingerprint density at radius 2 is 1.48 bits per heavy atom. The summed E-state index contributed by atoms with van der Waals surface area (Å²) in [6.45, 7) is 5.95. The fourth-order valence-corrected chi connectivity index (χ4v) is 5.51. The fraction of sp³-hybridized carbons (Fsp3) is 0.458. The first-order valence-electron chi connectivity index (χ1n) is 10.6. The van der Waals surface area contributed by atoms with Crippen molar-refractivity contribution in [2.24, 2.45) is 5.92 Å². The van der Waals surface area contributed by atoms with Crippen LogP contribution in [-0.4, -0.2) is 36.9 Å². The van der Waals surface area contributed by atoms with Crippen molar-refractivity contribution in [3.8, 4) is 0 Å². The first-order chi connectivity index (χ1) is 14.0. The summed E-state index contributed by atoms with van der Waals surface area (Å²) < 4.78 is 2.30. The Kier molecular flexibility index (Phi) is 6.77. The molecule has 0 radical (unpaired) electrons. The molecule has 4 rings (SSSR count). The van der Waals surface area contributed by atoms with Crippen molar-refractivity contribution in [3.05, 3.63) is 56.5 Å². The smallest absolute Gasteiger partial charge is 0.133 e. The molecule has 2 heterocycles. The second-order valence-electron chi connectivity index (χ2n) is 8.28. The molecule has 0 spiro atoms. The SMILES string of the molecule is CC(=O)C1CCN(CCCN2c3ccc(Br)cc3CCc3cc(Br)ccc32)CC1. The summed E-state index contributed by atoms with van der Waals surface area (Å²) in [6.07, 6.45) is 5.29. The van der Waals surface area contributed by atoms with Crippen LogP contribution in [0.25, 0.3) is 0 Å². The molecule has 3 nitrogen and oxygen atoms in total. The lowest BCUT2D eigenvalue weighted by atomic mass is 9.93. The van der Waals surface area contributed by atoms with Gasteiger partial charge < -0.3 is 9.80 Å². The van der Waals surface area contributed by atoms with Crippen LogP contribution in [0.4, 0.5) is 11.4 Å². The van der Waals surface area contributed by atoms with E-state index in [1.54, 1.807) is 6.92 Å². The van der Waals surface area contributed by atoms with Crippen LogP contribution in [0.1, 0.15) is 37.3 Å². The number of hydrogen-bond acceptors (Lipinski definition) is 3. The molecule has 154 valence electrons. The zero-order chi connectivity index (χ0) is 20.4. The minimum Gasteiger partial charge on any atom is -0.341 e. The van der Waals surface area contributed by atoms with Gasteiger partial charge in [0.05, 0.1) is 0 Å². The molecule has 2 aromatic carbocycles. The van der Waals surface area contributed by atoms with Crippen LogP contribution in [0.15, 0.2) is 45.3 Å². The van der Waals surface area contributed by atoms with Gasteiger partial charge in [0, 0.05) is 32.8 Å². The maximum absolute atomic E-state index is 11.6. The normalized spacial score (nSPS) is 17.6. The third-order valence-corrected chi connectivity index (χ3v) is 7.33.